The third kappa shape index (κ3) is 5.45. The molecule has 4 aromatic rings. The Bertz CT molecular complexity index is 1720. The first kappa shape index (κ1) is 27.7. The number of sulfonamides is 2. The van der Waals surface area contributed by atoms with Crippen LogP contribution in [-0.2, 0) is 24.8 Å². The van der Waals surface area contributed by atoms with Crippen molar-refractivity contribution >= 4 is 48.3 Å². The zero-order valence-electron chi connectivity index (χ0n) is 21.1. The largest absolute Gasteiger partial charge is 0.497 e. The van der Waals surface area contributed by atoms with E-state index in [4.69, 9.17) is 9.47 Å². The first-order valence-corrected chi connectivity index (χ1v) is 14.4. The number of hydrogen-bond donors (Lipinski definition) is 2. The van der Waals surface area contributed by atoms with Crippen molar-refractivity contribution in [3.8, 4) is 11.5 Å². The molecule has 0 aliphatic heterocycles. The molecule has 1 atom stereocenters. The zero-order valence-corrected chi connectivity index (χ0v) is 22.7. The van der Waals surface area contributed by atoms with E-state index in [1.54, 1.807) is 18.2 Å². The number of rotatable bonds is 10. The monoisotopic (exact) mass is 571 g/mol. The van der Waals surface area contributed by atoms with Gasteiger partial charge in [-0.2, -0.15) is 0 Å². The van der Waals surface area contributed by atoms with Gasteiger partial charge in [0.1, 0.15) is 17.5 Å². The predicted molar refractivity (Wildman–Crippen MR) is 145 cm³/mol. The summed E-state index contributed by atoms with van der Waals surface area (Å²) in [5.74, 6) is -0.675. The van der Waals surface area contributed by atoms with E-state index in [2.05, 4.69) is 9.71 Å². The number of nitrogens with one attached hydrogen (secondary N) is 1. The molecule has 39 heavy (non-hydrogen) atoms. The van der Waals surface area contributed by atoms with Gasteiger partial charge in [0.25, 0.3) is 20.0 Å². The van der Waals surface area contributed by atoms with Crippen molar-refractivity contribution in [3.05, 3.63) is 79.0 Å². The number of fused-ring (bicyclic) bond motifs is 1. The van der Waals surface area contributed by atoms with Crippen LogP contribution in [0, 0.1) is 0 Å². The van der Waals surface area contributed by atoms with E-state index < -0.39 is 32.1 Å². The van der Waals surface area contributed by atoms with Crippen molar-refractivity contribution in [2.45, 2.75) is 22.8 Å². The molecular formula is C26H25N3O8S2. The third-order valence-corrected chi connectivity index (χ3v) is 9.18. The second-order valence-electron chi connectivity index (χ2n) is 8.31. The molecule has 4 rings (SSSR count). The van der Waals surface area contributed by atoms with Gasteiger partial charge in [0.2, 0.25) is 0 Å². The number of pyridine rings is 1. The molecule has 1 heterocycles. The molecule has 13 heteroatoms. The maximum Gasteiger partial charge on any atom is 0.327 e. The normalized spacial score (nSPS) is 12.5. The van der Waals surface area contributed by atoms with Crippen LogP contribution >= 0.6 is 0 Å². The van der Waals surface area contributed by atoms with E-state index in [1.165, 1.54) is 75.7 Å². The van der Waals surface area contributed by atoms with Gasteiger partial charge in [-0.1, -0.05) is 24.3 Å². The van der Waals surface area contributed by atoms with Crippen LogP contribution < -0.4 is 18.5 Å². The Labute approximate surface area is 225 Å². The average molecular weight is 572 g/mol. The van der Waals surface area contributed by atoms with E-state index in [-0.39, 0.29) is 26.7 Å². The van der Waals surface area contributed by atoms with Crippen LogP contribution in [0.5, 0.6) is 11.5 Å². The zero-order chi connectivity index (χ0) is 28.4. The van der Waals surface area contributed by atoms with Gasteiger partial charge in [-0.3, -0.25) is 4.72 Å². The first-order valence-electron chi connectivity index (χ1n) is 11.5. The fraction of sp³-hybridized carbons (Fsp3) is 0.154. The summed E-state index contributed by atoms with van der Waals surface area (Å²) in [6.07, 6.45) is 1.16. The van der Waals surface area contributed by atoms with Crippen molar-refractivity contribution < 1.29 is 36.2 Å². The van der Waals surface area contributed by atoms with Crippen molar-refractivity contribution in [1.82, 2.24) is 4.98 Å². The highest BCUT2D eigenvalue weighted by Gasteiger charge is 2.36. The maximum absolute atomic E-state index is 13.7. The highest BCUT2D eigenvalue weighted by Crippen LogP contribution is 2.35. The molecule has 2 N–H and O–H groups in total. The number of carboxylic acids is 1. The highest BCUT2D eigenvalue weighted by molar-refractivity contribution is 7.93. The highest BCUT2D eigenvalue weighted by atomic mass is 32.2. The number of ether oxygens (including phenoxy) is 2. The number of benzene rings is 3. The number of aliphatic carboxylic acids is 1. The lowest BCUT2D eigenvalue weighted by atomic mass is 10.1. The van der Waals surface area contributed by atoms with Crippen LogP contribution in [0.4, 0.5) is 11.5 Å². The summed E-state index contributed by atoms with van der Waals surface area (Å²) in [4.78, 5) is 16.1. The summed E-state index contributed by atoms with van der Waals surface area (Å²) < 4.78 is 67.0. The van der Waals surface area contributed by atoms with Crippen molar-refractivity contribution in [2.75, 3.05) is 23.2 Å². The molecule has 0 radical (unpaired) electrons. The standard InChI is InChI=1S/C26H25N3O8S2/c1-17(26(30)31)29(39(34,35)21-14-10-19(37-3)11-15-21)25-23-7-5-4-6-22(23)24(16-27-25)28-38(32,33)20-12-8-18(36-2)9-13-20/h4-17,28H,1-3H3,(H,30,31)/t17-/m0/s1. The minimum absolute atomic E-state index is 0.0281. The lowest BCUT2D eigenvalue weighted by Gasteiger charge is -2.28. The van der Waals surface area contributed by atoms with Crippen molar-refractivity contribution in [3.63, 3.8) is 0 Å². The molecule has 1 aromatic heterocycles. The SMILES string of the molecule is COc1ccc(S(=O)(=O)Nc2cnc(N([C@@H](C)C(=O)O)S(=O)(=O)c3ccc(OC)cc3)c3ccccc23)cc1. The Morgan fingerprint density at radius 1 is 0.846 bits per heavy atom. The van der Waals surface area contributed by atoms with E-state index in [1.807, 2.05) is 0 Å². The molecule has 11 nitrogen and oxygen atoms in total. The second kappa shape index (κ2) is 10.8. The summed E-state index contributed by atoms with van der Waals surface area (Å²) in [5, 5.41) is 10.3. The van der Waals surface area contributed by atoms with Gasteiger partial charge in [0.05, 0.1) is 35.9 Å². The third-order valence-electron chi connectivity index (χ3n) is 5.92. The minimum Gasteiger partial charge on any atom is -0.497 e. The Kier molecular flexibility index (Phi) is 7.65. The lowest BCUT2D eigenvalue weighted by molar-refractivity contribution is -0.137. The van der Waals surface area contributed by atoms with Gasteiger partial charge in [-0.25, -0.2) is 30.9 Å². The molecule has 0 unspecified atom stereocenters. The van der Waals surface area contributed by atoms with Crippen LogP contribution in [0.15, 0.2) is 88.8 Å². The summed E-state index contributed by atoms with van der Waals surface area (Å²) in [6, 6.07) is 16.1. The second-order valence-corrected chi connectivity index (χ2v) is 11.8. The van der Waals surface area contributed by atoms with Gasteiger partial charge in [-0.05, 0) is 55.5 Å². The number of methoxy groups -OCH3 is 2. The fourth-order valence-corrected chi connectivity index (χ4v) is 6.51. The predicted octanol–water partition coefficient (Wildman–Crippen LogP) is 3.72. The summed E-state index contributed by atoms with van der Waals surface area (Å²) >= 11 is 0. The topological polar surface area (TPSA) is 152 Å². The summed E-state index contributed by atoms with van der Waals surface area (Å²) in [7, 11) is -5.59. The van der Waals surface area contributed by atoms with Crippen LogP contribution in [0.3, 0.4) is 0 Å². The van der Waals surface area contributed by atoms with Gasteiger partial charge in [0, 0.05) is 10.8 Å². The average Bonchev–Trinajstić information content (AvgIpc) is 2.94. The Hall–Kier alpha value is -4.36. The van der Waals surface area contributed by atoms with Crippen molar-refractivity contribution in [1.29, 1.82) is 0 Å². The van der Waals surface area contributed by atoms with Gasteiger partial charge in [-0.15, -0.1) is 0 Å². The maximum atomic E-state index is 13.7. The van der Waals surface area contributed by atoms with E-state index in [9.17, 15) is 26.7 Å². The Balaban J connectivity index is 1.84. The molecule has 3 aromatic carbocycles. The summed E-state index contributed by atoms with van der Waals surface area (Å²) in [5.41, 5.74) is 0.0786. The van der Waals surface area contributed by atoms with Gasteiger partial charge < -0.3 is 14.6 Å². The van der Waals surface area contributed by atoms with Crippen LogP contribution in [-0.4, -0.2) is 53.2 Å². The quantitative estimate of drug-likeness (QED) is 0.290. The first-order chi connectivity index (χ1) is 18.5. The molecule has 0 amide bonds. The molecule has 204 valence electrons. The van der Waals surface area contributed by atoms with Crippen LogP contribution in [0.2, 0.25) is 0 Å². The Morgan fingerprint density at radius 3 is 1.87 bits per heavy atom. The molecule has 0 aliphatic carbocycles. The molecule has 0 spiro atoms. The van der Waals surface area contributed by atoms with Crippen molar-refractivity contribution in [2.24, 2.45) is 0 Å². The van der Waals surface area contributed by atoms with Crippen LogP contribution in [0.1, 0.15) is 6.92 Å². The minimum atomic E-state index is -4.43. The molecular weight excluding hydrogens is 546 g/mol. The number of anilines is 2. The number of hydrogen-bond acceptors (Lipinski definition) is 8. The molecule has 0 bridgehead atoms. The van der Waals surface area contributed by atoms with Crippen LogP contribution in [0.25, 0.3) is 10.8 Å². The molecule has 0 aliphatic rings. The molecule has 0 saturated carbocycles. The number of carboxylic acid groups (broad SMARTS) is 1. The summed E-state index contributed by atoms with van der Waals surface area (Å²) in [6.45, 7) is 1.22. The van der Waals surface area contributed by atoms with E-state index in [0.29, 0.717) is 21.2 Å². The lowest BCUT2D eigenvalue weighted by Crippen LogP contribution is -2.44. The van der Waals surface area contributed by atoms with E-state index in [0.717, 1.165) is 6.20 Å². The number of nitrogens with zero attached hydrogens (tertiary/aromatic N) is 2. The van der Waals surface area contributed by atoms with E-state index >= 15 is 0 Å². The molecule has 0 saturated heterocycles. The number of carbonyl (C=O) groups is 1. The van der Waals surface area contributed by atoms with Gasteiger partial charge in [0.15, 0.2) is 5.82 Å². The molecule has 0 fully saturated rings. The Morgan fingerprint density at radius 2 is 1.36 bits per heavy atom. The smallest absolute Gasteiger partial charge is 0.327 e. The van der Waals surface area contributed by atoms with Gasteiger partial charge >= 0.3 is 5.97 Å². The fourth-order valence-electron chi connectivity index (χ4n) is 3.86. The number of aromatic nitrogens is 1.